The monoisotopic (exact) mass is 347 g/mol. The van der Waals surface area contributed by atoms with Crippen LogP contribution in [0.15, 0.2) is 66.5 Å². The highest BCUT2D eigenvalue weighted by atomic mass is 19.1. The smallest absolute Gasteiger partial charge is 0.137 e. The Morgan fingerprint density at radius 3 is 2.92 bits per heavy atom. The number of hydrogen-bond acceptors (Lipinski definition) is 2. The van der Waals surface area contributed by atoms with Crippen molar-refractivity contribution in [3.8, 4) is 0 Å². The third-order valence-electron chi connectivity index (χ3n) is 4.84. The molecule has 4 rings (SSSR count). The van der Waals surface area contributed by atoms with Gasteiger partial charge >= 0.3 is 0 Å². The number of rotatable bonds is 5. The first-order chi connectivity index (χ1) is 12.7. The van der Waals surface area contributed by atoms with Crippen molar-refractivity contribution in [3.63, 3.8) is 0 Å². The molecule has 2 aromatic heterocycles. The molecule has 0 aliphatic heterocycles. The van der Waals surface area contributed by atoms with E-state index < -0.39 is 0 Å². The van der Waals surface area contributed by atoms with Gasteiger partial charge < -0.3 is 4.98 Å². The topological polar surface area (TPSA) is 31.9 Å². The van der Waals surface area contributed by atoms with E-state index in [1.807, 2.05) is 31.6 Å². The third-order valence-corrected chi connectivity index (χ3v) is 4.84. The zero-order valence-corrected chi connectivity index (χ0v) is 14.9. The molecule has 132 valence electrons. The minimum Gasteiger partial charge on any atom is -0.346 e. The lowest BCUT2D eigenvalue weighted by Gasteiger charge is -2.21. The first-order valence-corrected chi connectivity index (χ1v) is 8.95. The molecule has 0 unspecified atom stereocenters. The molecule has 0 atom stereocenters. The molecule has 0 radical (unpaired) electrons. The Bertz CT molecular complexity index is 984. The second-order valence-electron chi connectivity index (χ2n) is 6.85. The largest absolute Gasteiger partial charge is 0.346 e. The van der Waals surface area contributed by atoms with Crippen LogP contribution >= 0.6 is 0 Å². The number of nitrogens with zero attached hydrogens (tertiary/aromatic N) is 2. The maximum atomic E-state index is 13.9. The van der Waals surface area contributed by atoms with Gasteiger partial charge in [0.15, 0.2) is 0 Å². The maximum Gasteiger partial charge on any atom is 0.137 e. The normalized spacial score (nSPS) is 14.6. The van der Waals surface area contributed by atoms with E-state index in [-0.39, 0.29) is 5.82 Å². The summed E-state index contributed by atoms with van der Waals surface area (Å²) in [6, 6.07) is 11.2. The zero-order valence-electron chi connectivity index (χ0n) is 14.9. The molecule has 0 spiro atoms. The summed E-state index contributed by atoms with van der Waals surface area (Å²) in [6.45, 7) is 1.41. The fraction of sp³-hybridized carbons (Fsp3) is 0.227. The Balaban J connectivity index is 1.52. The second kappa shape index (κ2) is 7.26. The molecule has 2 heterocycles. The van der Waals surface area contributed by atoms with Gasteiger partial charge in [0.05, 0.1) is 0 Å². The Labute approximate surface area is 152 Å². The van der Waals surface area contributed by atoms with Crippen molar-refractivity contribution < 1.29 is 4.39 Å². The molecule has 26 heavy (non-hydrogen) atoms. The summed E-state index contributed by atoms with van der Waals surface area (Å²) in [6.07, 6.45) is 10.4. The van der Waals surface area contributed by atoms with Crippen LogP contribution in [-0.4, -0.2) is 28.5 Å². The van der Waals surface area contributed by atoms with Crippen molar-refractivity contribution in [1.82, 2.24) is 14.9 Å². The van der Waals surface area contributed by atoms with Crippen LogP contribution in [0.2, 0.25) is 0 Å². The number of halogens is 1. The van der Waals surface area contributed by atoms with Crippen molar-refractivity contribution in [1.29, 1.82) is 0 Å². The lowest BCUT2D eigenvalue weighted by Crippen LogP contribution is -2.21. The van der Waals surface area contributed by atoms with Gasteiger partial charge in [-0.1, -0.05) is 30.4 Å². The van der Waals surface area contributed by atoms with Crippen molar-refractivity contribution in [3.05, 3.63) is 83.5 Å². The quantitative estimate of drug-likeness (QED) is 0.709. The number of likely N-dealkylation sites (N-methyl/N-ethyl adjacent to an activating group) is 1. The van der Waals surface area contributed by atoms with Crippen LogP contribution < -0.4 is 0 Å². The van der Waals surface area contributed by atoms with E-state index in [1.165, 1.54) is 28.2 Å². The van der Waals surface area contributed by atoms with Gasteiger partial charge in [0, 0.05) is 36.4 Å². The molecule has 0 fully saturated rings. The highest BCUT2D eigenvalue weighted by Crippen LogP contribution is 2.31. The van der Waals surface area contributed by atoms with Gasteiger partial charge in [0.2, 0.25) is 0 Å². The summed E-state index contributed by atoms with van der Waals surface area (Å²) in [5.74, 6) is -0.139. The van der Waals surface area contributed by atoms with Gasteiger partial charge in [-0.3, -0.25) is 4.90 Å². The second-order valence-corrected chi connectivity index (χ2v) is 6.85. The van der Waals surface area contributed by atoms with E-state index in [2.05, 4.69) is 39.2 Å². The molecule has 1 N–H and O–H groups in total. The van der Waals surface area contributed by atoms with Gasteiger partial charge in [-0.25, -0.2) is 9.37 Å². The molecule has 1 aliphatic rings. The minimum absolute atomic E-state index is 0.139. The summed E-state index contributed by atoms with van der Waals surface area (Å²) >= 11 is 0. The average Bonchev–Trinajstić information content (AvgIpc) is 3.12. The van der Waals surface area contributed by atoms with Crippen molar-refractivity contribution in [2.45, 2.75) is 19.4 Å². The van der Waals surface area contributed by atoms with Gasteiger partial charge in [-0.05, 0) is 54.8 Å². The highest BCUT2D eigenvalue weighted by molar-refractivity contribution is 5.90. The number of benzene rings is 1. The number of H-pyrrole nitrogens is 1. The van der Waals surface area contributed by atoms with Crippen LogP contribution in [0.5, 0.6) is 0 Å². The number of hydrogen-bond donors (Lipinski definition) is 1. The van der Waals surface area contributed by atoms with Crippen LogP contribution in [-0.2, 0) is 6.54 Å². The third kappa shape index (κ3) is 3.46. The lowest BCUT2D eigenvalue weighted by atomic mass is 9.92. The van der Waals surface area contributed by atoms with E-state index in [9.17, 15) is 4.39 Å². The number of aromatic nitrogens is 2. The van der Waals surface area contributed by atoms with Gasteiger partial charge in [0.25, 0.3) is 0 Å². The van der Waals surface area contributed by atoms with E-state index >= 15 is 0 Å². The molecule has 3 nitrogen and oxygen atoms in total. The van der Waals surface area contributed by atoms with Gasteiger partial charge in [-0.15, -0.1) is 0 Å². The summed E-state index contributed by atoms with van der Waals surface area (Å²) < 4.78 is 13.9. The van der Waals surface area contributed by atoms with Crippen LogP contribution in [0, 0.1) is 5.82 Å². The zero-order chi connectivity index (χ0) is 17.9. The van der Waals surface area contributed by atoms with E-state index in [0.717, 1.165) is 30.6 Å². The van der Waals surface area contributed by atoms with Crippen molar-refractivity contribution in [2.24, 2.45) is 0 Å². The van der Waals surface area contributed by atoms with Crippen molar-refractivity contribution >= 4 is 16.6 Å². The lowest BCUT2D eigenvalue weighted by molar-refractivity contribution is 0.350. The standard InChI is InChI=1S/C22H22FN3/c1-26(15-18-6-2-3-8-21(18)23)14-16-5-4-7-17(13-16)19-9-11-24-22-20(19)10-12-25-22/h2-3,5-6,8-13H,4,7,14-15H2,1H3,(H,24,25). The Kier molecular flexibility index (Phi) is 4.67. The summed E-state index contributed by atoms with van der Waals surface area (Å²) in [7, 11) is 2.03. The fourth-order valence-electron chi connectivity index (χ4n) is 3.62. The highest BCUT2D eigenvalue weighted by Gasteiger charge is 2.13. The molecule has 4 heteroatoms. The number of pyridine rings is 1. The fourth-order valence-corrected chi connectivity index (χ4v) is 3.62. The molecular weight excluding hydrogens is 325 g/mol. The molecule has 0 saturated heterocycles. The van der Waals surface area contributed by atoms with Crippen LogP contribution in [0.1, 0.15) is 24.0 Å². The van der Waals surface area contributed by atoms with Gasteiger partial charge in [0.1, 0.15) is 11.5 Å². The van der Waals surface area contributed by atoms with Crippen LogP contribution in [0.4, 0.5) is 4.39 Å². The van der Waals surface area contributed by atoms with E-state index in [4.69, 9.17) is 0 Å². The summed E-state index contributed by atoms with van der Waals surface area (Å²) in [4.78, 5) is 9.71. The van der Waals surface area contributed by atoms with E-state index in [1.54, 1.807) is 6.07 Å². The number of aromatic amines is 1. The Morgan fingerprint density at radius 1 is 1.15 bits per heavy atom. The molecule has 3 aromatic rings. The molecular formula is C22H22FN3. The number of allylic oxidation sites excluding steroid dienone is 2. The average molecular weight is 347 g/mol. The predicted octanol–water partition coefficient (Wildman–Crippen LogP) is 4.94. The molecule has 0 amide bonds. The Hall–Kier alpha value is -2.72. The first kappa shape index (κ1) is 16.7. The summed E-state index contributed by atoms with van der Waals surface area (Å²) in [5, 5.41) is 1.17. The Morgan fingerprint density at radius 2 is 2.04 bits per heavy atom. The minimum atomic E-state index is -0.139. The van der Waals surface area contributed by atoms with E-state index in [0.29, 0.717) is 6.54 Å². The van der Waals surface area contributed by atoms with Gasteiger partial charge in [-0.2, -0.15) is 0 Å². The molecule has 0 saturated carbocycles. The predicted molar refractivity (Wildman–Crippen MR) is 104 cm³/mol. The first-order valence-electron chi connectivity index (χ1n) is 8.95. The number of fused-ring (bicyclic) bond motifs is 1. The molecule has 1 aliphatic carbocycles. The number of nitrogens with one attached hydrogen (secondary N) is 1. The van der Waals surface area contributed by atoms with Crippen LogP contribution in [0.25, 0.3) is 16.6 Å². The van der Waals surface area contributed by atoms with Crippen LogP contribution in [0.3, 0.4) is 0 Å². The molecule has 0 bridgehead atoms. The SMILES string of the molecule is CN(CC1=CCCC(c2ccnc3[nH]ccc23)=C1)Cc1ccccc1F. The summed E-state index contributed by atoms with van der Waals surface area (Å²) in [5.41, 5.74) is 5.54. The van der Waals surface area contributed by atoms with Crippen molar-refractivity contribution in [2.75, 3.05) is 13.6 Å². The maximum absolute atomic E-state index is 13.9. The molecule has 1 aromatic carbocycles.